The van der Waals surface area contributed by atoms with E-state index in [1.807, 2.05) is 18.2 Å². The van der Waals surface area contributed by atoms with Gasteiger partial charge in [0.2, 0.25) is 0 Å². The molecule has 1 heterocycles. The number of aromatic nitrogens is 2. The van der Waals surface area contributed by atoms with Crippen LogP contribution < -0.4 is 10.1 Å². The molecule has 3 rings (SSSR count). The fourth-order valence-electron chi connectivity index (χ4n) is 3.12. The second kappa shape index (κ2) is 11.0. The quantitative estimate of drug-likeness (QED) is 0.385. The zero-order valence-electron chi connectivity index (χ0n) is 16.9. The number of anilines is 2. The molecule has 0 spiro atoms. The van der Waals surface area contributed by atoms with Crippen LogP contribution in [0.5, 0.6) is 11.5 Å². The summed E-state index contributed by atoms with van der Waals surface area (Å²) in [5.74, 6) is 0.932. The highest BCUT2D eigenvalue weighted by Gasteiger charge is 2.12. The molecule has 160 valence electrons. The molecule has 0 saturated heterocycles. The third-order valence-corrected chi connectivity index (χ3v) is 4.96. The topological polar surface area (TPSA) is 96.7 Å². The lowest BCUT2D eigenvalue weighted by Crippen LogP contribution is -2.04. The Bertz CT molecular complexity index is 984. The lowest BCUT2D eigenvalue weighted by molar-refractivity contribution is 0.131. The first-order valence-electron chi connectivity index (χ1n) is 9.88. The number of hydrogen-bond acceptors (Lipinski definition) is 7. The van der Waals surface area contributed by atoms with E-state index in [-0.39, 0.29) is 12.4 Å². The van der Waals surface area contributed by atoms with Crippen molar-refractivity contribution in [2.24, 2.45) is 0 Å². The van der Waals surface area contributed by atoms with Crippen LogP contribution in [0.2, 0.25) is 5.02 Å². The molecule has 0 unspecified atom stereocenters. The van der Waals surface area contributed by atoms with Gasteiger partial charge in [-0.05, 0) is 49.4 Å². The number of benzene rings is 2. The molecule has 0 aliphatic rings. The minimum atomic E-state index is 0.0174. The lowest BCUT2D eigenvalue weighted by Gasteiger charge is -2.14. The zero-order valence-corrected chi connectivity index (χ0v) is 17.7. The molecule has 1 aromatic heterocycles. The molecule has 0 aliphatic carbocycles. The van der Waals surface area contributed by atoms with Gasteiger partial charge in [0.05, 0.1) is 19.2 Å². The molecule has 30 heavy (non-hydrogen) atoms. The Labute approximate surface area is 180 Å². The predicted octanol–water partition coefficient (Wildman–Crippen LogP) is 4.46. The number of nitrogens with zero attached hydrogens (tertiary/aromatic N) is 2. The fraction of sp³-hybridized carbons (Fsp3) is 0.364. The van der Waals surface area contributed by atoms with Crippen LogP contribution in [0, 0.1) is 0 Å². The van der Waals surface area contributed by atoms with Crippen LogP contribution in [0.1, 0.15) is 24.8 Å². The van der Waals surface area contributed by atoms with Crippen LogP contribution in [0.3, 0.4) is 0 Å². The summed E-state index contributed by atoms with van der Waals surface area (Å²) in [7, 11) is 1.49. The van der Waals surface area contributed by atoms with Gasteiger partial charge >= 0.3 is 0 Å². The maximum atomic E-state index is 10.2. The Morgan fingerprint density at radius 3 is 2.73 bits per heavy atom. The average molecular weight is 432 g/mol. The SMILES string of the molecule is COc1cc2ncnc(Nc3cc(Cl)ccc3CCOCCCCCO)c2cc1O. The van der Waals surface area contributed by atoms with Crippen LogP contribution in [-0.2, 0) is 11.2 Å². The van der Waals surface area contributed by atoms with Crippen molar-refractivity contribution < 1.29 is 19.7 Å². The molecule has 0 fully saturated rings. The van der Waals surface area contributed by atoms with Crippen molar-refractivity contribution in [2.45, 2.75) is 25.7 Å². The van der Waals surface area contributed by atoms with Crippen molar-refractivity contribution in [3.8, 4) is 11.5 Å². The highest BCUT2D eigenvalue weighted by molar-refractivity contribution is 6.30. The van der Waals surface area contributed by atoms with Crippen molar-refractivity contribution in [3.05, 3.63) is 47.2 Å². The van der Waals surface area contributed by atoms with E-state index in [0.717, 1.165) is 30.5 Å². The highest BCUT2D eigenvalue weighted by atomic mass is 35.5. The van der Waals surface area contributed by atoms with Gasteiger partial charge in [-0.15, -0.1) is 0 Å². The molecule has 2 aromatic carbocycles. The minimum Gasteiger partial charge on any atom is -0.504 e. The van der Waals surface area contributed by atoms with Gasteiger partial charge in [-0.1, -0.05) is 17.7 Å². The third-order valence-electron chi connectivity index (χ3n) is 4.72. The number of aliphatic hydroxyl groups excluding tert-OH is 1. The molecular formula is C22H26ClN3O4. The lowest BCUT2D eigenvalue weighted by atomic mass is 10.1. The van der Waals surface area contributed by atoms with E-state index in [1.165, 1.54) is 13.4 Å². The van der Waals surface area contributed by atoms with Crippen LogP contribution in [0.25, 0.3) is 10.9 Å². The number of phenols is 1. The fourth-order valence-corrected chi connectivity index (χ4v) is 3.30. The van der Waals surface area contributed by atoms with Crippen LogP contribution in [0.4, 0.5) is 11.5 Å². The number of aromatic hydroxyl groups is 1. The summed E-state index contributed by atoms with van der Waals surface area (Å²) in [6.07, 6.45) is 4.88. The van der Waals surface area contributed by atoms with Crippen LogP contribution >= 0.6 is 11.6 Å². The molecule has 0 saturated carbocycles. The molecular weight excluding hydrogens is 406 g/mol. The number of hydrogen-bond donors (Lipinski definition) is 3. The Morgan fingerprint density at radius 2 is 1.93 bits per heavy atom. The summed E-state index contributed by atoms with van der Waals surface area (Å²) in [5.41, 5.74) is 2.51. The van der Waals surface area contributed by atoms with Gasteiger partial charge in [0, 0.05) is 35.4 Å². The number of rotatable bonds is 11. The second-order valence-electron chi connectivity index (χ2n) is 6.84. The highest BCUT2D eigenvalue weighted by Crippen LogP contribution is 2.34. The van der Waals surface area contributed by atoms with Gasteiger partial charge in [0.1, 0.15) is 12.1 Å². The minimum absolute atomic E-state index is 0.0174. The van der Waals surface area contributed by atoms with Gasteiger partial charge < -0.3 is 25.0 Å². The molecule has 3 aromatic rings. The summed E-state index contributed by atoms with van der Waals surface area (Å²) in [5, 5.41) is 23.6. The first kappa shape index (κ1) is 22.1. The predicted molar refractivity (Wildman–Crippen MR) is 118 cm³/mol. The summed E-state index contributed by atoms with van der Waals surface area (Å²) in [6, 6.07) is 8.90. The number of halogens is 1. The monoisotopic (exact) mass is 431 g/mol. The molecule has 0 radical (unpaired) electrons. The van der Waals surface area contributed by atoms with Crippen molar-refractivity contribution in [3.63, 3.8) is 0 Å². The van der Waals surface area contributed by atoms with Crippen LogP contribution in [-0.4, -0.2) is 47.1 Å². The van der Waals surface area contributed by atoms with Gasteiger partial charge in [-0.2, -0.15) is 0 Å². The van der Waals surface area contributed by atoms with E-state index in [2.05, 4.69) is 15.3 Å². The standard InChI is InChI=1S/C22H26ClN3O4/c1-29-21-13-19-17(12-20(21)28)22(25-14-24-19)26-18-11-16(23)6-5-15(18)7-10-30-9-4-2-3-8-27/h5-6,11-14,27-28H,2-4,7-10H2,1H3,(H,24,25,26). The van der Waals surface area contributed by atoms with Crippen molar-refractivity contribution in [2.75, 3.05) is 32.2 Å². The summed E-state index contributed by atoms with van der Waals surface area (Å²) in [6.45, 7) is 1.48. The van der Waals surface area contributed by atoms with Gasteiger partial charge in [0.25, 0.3) is 0 Å². The van der Waals surface area contributed by atoms with E-state index in [0.29, 0.717) is 47.1 Å². The van der Waals surface area contributed by atoms with E-state index >= 15 is 0 Å². The molecule has 3 N–H and O–H groups in total. The maximum Gasteiger partial charge on any atom is 0.162 e. The van der Waals surface area contributed by atoms with Gasteiger partial charge in [0.15, 0.2) is 11.5 Å². The van der Waals surface area contributed by atoms with Crippen molar-refractivity contribution in [1.82, 2.24) is 9.97 Å². The smallest absolute Gasteiger partial charge is 0.162 e. The number of methoxy groups -OCH3 is 1. The Hall–Kier alpha value is -2.61. The molecule has 0 bridgehead atoms. The Balaban J connectivity index is 1.75. The summed E-state index contributed by atoms with van der Waals surface area (Å²) in [4.78, 5) is 8.60. The molecule has 8 heteroatoms. The van der Waals surface area contributed by atoms with Gasteiger partial charge in [-0.25, -0.2) is 9.97 Å². The number of ether oxygens (including phenoxy) is 2. The number of aliphatic hydroxyl groups is 1. The zero-order chi connectivity index (χ0) is 21.3. The first-order valence-corrected chi connectivity index (χ1v) is 10.3. The first-order chi connectivity index (χ1) is 14.6. The van der Waals surface area contributed by atoms with E-state index < -0.39 is 0 Å². The van der Waals surface area contributed by atoms with E-state index in [9.17, 15) is 5.11 Å². The van der Waals surface area contributed by atoms with Crippen molar-refractivity contribution in [1.29, 1.82) is 0 Å². The molecule has 0 amide bonds. The van der Waals surface area contributed by atoms with Crippen LogP contribution in [0.15, 0.2) is 36.7 Å². The Kier molecular flexibility index (Phi) is 8.07. The largest absolute Gasteiger partial charge is 0.504 e. The van der Waals surface area contributed by atoms with Gasteiger partial charge in [-0.3, -0.25) is 0 Å². The number of nitrogens with one attached hydrogen (secondary N) is 1. The summed E-state index contributed by atoms with van der Waals surface area (Å²) >= 11 is 6.22. The normalized spacial score (nSPS) is 11.0. The number of unbranched alkanes of at least 4 members (excludes halogenated alkanes) is 2. The maximum absolute atomic E-state index is 10.2. The number of phenolic OH excluding ortho intramolecular Hbond substituents is 1. The van der Waals surface area contributed by atoms with Crippen molar-refractivity contribution >= 4 is 34.0 Å². The number of fused-ring (bicyclic) bond motifs is 1. The summed E-state index contributed by atoms with van der Waals surface area (Å²) < 4.78 is 10.9. The third kappa shape index (κ3) is 5.72. The molecule has 7 nitrogen and oxygen atoms in total. The van der Waals surface area contributed by atoms with E-state index in [4.69, 9.17) is 26.2 Å². The van der Waals surface area contributed by atoms with E-state index in [1.54, 1.807) is 12.1 Å². The molecule has 0 aliphatic heterocycles. The average Bonchev–Trinajstić information content (AvgIpc) is 2.74. The molecule has 0 atom stereocenters. The second-order valence-corrected chi connectivity index (χ2v) is 7.27. The Morgan fingerprint density at radius 1 is 1.07 bits per heavy atom.